The van der Waals surface area contributed by atoms with Gasteiger partial charge in [-0.15, -0.1) is 0 Å². The van der Waals surface area contributed by atoms with Crippen LogP contribution in [0.3, 0.4) is 0 Å². The van der Waals surface area contributed by atoms with Gasteiger partial charge in [0.2, 0.25) is 5.91 Å². The van der Waals surface area contributed by atoms with E-state index in [0.717, 1.165) is 17.8 Å². The Balaban J connectivity index is 2.55. The van der Waals surface area contributed by atoms with Crippen LogP contribution in [0.1, 0.15) is 26.3 Å². The molecule has 0 unspecified atom stereocenters. The smallest absolute Gasteiger partial charge is 0.221 e. The van der Waals surface area contributed by atoms with Crippen LogP contribution in [-0.2, 0) is 11.3 Å². The molecule has 1 amide bonds. The number of anilines is 1. The van der Waals surface area contributed by atoms with E-state index < -0.39 is 5.60 Å². The third-order valence-corrected chi connectivity index (χ3v) is 2.38. The SMILES string of the molecule is CC(=O)Nc1ccc(CN(C)CC(C)(C)O)cc1. The first-order valence-electron chi connectivity index (χ1n) is 6.04. The van der Waals surface area contributed by atoms with Crippen molar-refractivity contribution >= 4 is 11.6 Å². The number of rotatable bonds is 5. The van der Waals surface area contributed by atoms with Crippen molar-refractivity contribution in [2.45, 2.75) is 32.9 Å². The van der Waals surface area contributed by atoms with Crippen LogP contribution in [0, 0.1) is 0 Å². The first-order valence-corrected chi connectivity index (χ1v) is 6.04. The fraction of sp³-hybridized carbons (Fsp3) is 0.500. The monoisotopic (exact) mass is 250 g/mol. The molecule has 0 bridgehead atoms. The van der Waals surface area contributed by atoms with Crippen molar-refractivity contribution in [2.24, 2.45) is 0 Å². The summed E-state index contributed by atoms with van der Waals surface area (Å²) >= 11 is 0. The number of nitrogens with one attached hydrogen (secondary N) is 1. The molecule has 18 heavy (non-hydrogen) atoms. The molecule has 0 aromatic heterocycles. The van der Waals surface area contributed by atoms with Gasteiger partial charge in [-0.05, 0) is 38.6 Å². The summed E-state index contributed by atoms with van der Waals surface area (Å²) in [5, 5.41) is 12.5. The van der Waals surface area contributed by atoms with E-state index in [0.29, 0.717) is 6.54 Å². The van der Waals surface area contributed by atoms with E-state index in [9.17, 15) is 9.90 Å². The highest BCUT2D eigenvalue weighted by molar-refractivity contribution is 5.88. The zero-order valence-electron chi connectivity index (χ0n) is 11.5. The van der Waals surface area contributed by atoms with Crippen molar-refractivity contribution in [1.29, 1.82) is 0 Å². The van der Waals surface area contributed by atoms with Crippen LogP contribution in [0.2, 0.25) is 0 Å². The molecule has 0 aliphatic heterocycles. The summed E-state index contributed by atoms with van der Waals surface area (Å²) < 4.78 is 0. The van der Waals surface area contributed by atoms with Crippen LogP contribution in [0.4, 0.5) is 5.69 Å². The third-order valence-electron chi connectivity index (χ3n) is 2.38. The summed E-state index contributed by atoms with van der Waals surface area (Å²) in [6.45, 7) is 6.46. The van der Waals surface area contributed by atoms with Crippen molar-refractivity contribution in [2.75, 3.05) is 18.9 Å². The maximum Gasteiger partial charge on any atom is 0.221 e. The molecule has 1 aromatic carbocycles. The molecule has 0 heterocycles. The molecule has 1 rings (SSSR count). The molecule has 0 radical (unpaired) electrons. The molecule has 0 atom stereocenters. The molecule has 0 aliphatic carbocycles. The number of carbonyl (C=O) groups excluding carboxylic acids is 1. The third kappa shape index (κ3) is 5.80. The lowest BCUT2D eigenvalue weighted by Crippen LogP contribution is -2.35. The highest BCUT2D eigenvalue weighted by Gasteiger charge is 2.15. The maximum atomic E-state index is 10.9. The summed E-state index contributed by atoms with van der Waals surface area (Å²) in [6, 6.07) is 7.72. The van der Waals surface area contributed by atoms with Gasteiger partial charge in [0, 0.05) is 25.7 Å². The van der Waals surface area contributed by atoms with Gasteiger partial charge in [0.25, 0.3) is 0 Å². The number of aliphatic hydroxyl groups is 1. The van der Waals surface area contributed by atoms with Crippen LogP contribution in [0.25, 0.3) is 0 Å². The van der Waals surface area contributed by atoms with E-state index in [1.807, 2.05) is 31.3 Å². The Labute approximate surface area is 109 Å². The number of likely N-dealkylation sites (N-methyl/N-ethyl adjacent to an activating group) is 1. The zero-order valence-corrected chi connectivity index (χ0v) is 11.5. The molecule has 2 N–H and O–H groups in total. The summed E-state index contributed by atoms with van der Waals surface area (Å²) in [5.41, 5.74) is 1.26. The van der Waals surface area contributed by atoms with Gasteiger partial charge in [0.05, 0.1) is 5.60 Å². The van der Waals surface area contributed by atoms with E-state index in [1.54, 1.807) is 13.8 Å². The minimum absolute atomic E-state index is 0.0677. The predicted molar refractivity (Wildman–Crippen MR) is 73.4 cm³/mol. The number of carbonyl (C=O) groups is 1. The first-order chi connectivity index (χ1) is 8.26. The van der Waals surface area contributed by atoms with Crippen molar-refractivity contribution < 1.29 is 9.90 Å². The first kappa shape index (κ1) is 14.7. The lowest BCUT2D eigenvalue weighted by atomic mass is 10.1. The lowest BCUT2D eigenvalue weighted by molar-refractivity contribution is -0.114. The fourth-order valence-electron chi connectivity index (χ4n) is 1.92. The summed E-state index contributed by atoms with van der Waals surface area (Å²) in [5.74, 6) is -0.0677. The Kier molecular flexibility index (Phi) is 4.87. The summed E-state index contributed by atoms with van der Waals surface area (Å²) in [7, 11) is 1.97. The normalized spacial score (nSPS) is 11.7. The number of benzene rings is 1. The second-order valence-electron chi connectivity index (χ2n) is 5.36. The number of hydrogen-bond donors (Lipinski definition) is 2. The lowest BCUT2D eigenvalue weighted by Gasteiger charge is -2.25. The minimum Gasteiger partial charge on any atom is -0.389 e. The molecule has 4 nitrogen and oxygen atoms in total. The molecular weight excluding hydrogens is 228 g/mol. The van der Waals surface area contributed by atoms with Gasteiger partial charge in [-0.2, -0.15) is 0 Å². The Morgan fingerprint density at radius 2 is 1.89 bits per heavy atom. The van der Waals surface area contributed by atoms with Crippen LogP contribution in [-0.4, -0.2) is 35.1 Å². The van der Waals surface area contributed by atoms with Gasteiger partial charge in [-0.1, -0.05) is 12.1 Å². The summed E-state index contributed by atoms with van der Waals surface area (Å²) in [4.78, 5) is 12.9. The van der Waals surface area contributed by atoms with Crippen molar-refractivity contribution in [3.05, 3.63) is 29.8 Å². The quantitative estimate of drug-likeness (QED) is 0.838. The largest absolute Gasteiger partial charge is 0.389 e. The molecule has 0 saturated heterocycles. The average molecular weight is 250 g/mol. The van der Waals surface area contributed by atoms with Gasteiger partial charge < -0.3 is 10.4 Å². The van der Waals surface area contributed by atoms with Gasteiger partial charge in [0.1, 0.15) is 0 Å². The highest BCUT2D eigenvalue weighted by atomic mass is 16.3. The zero-order chi connectivity index (χ0) is 13.8. The van der Waals surface area contributed by atoms with E-state index in [2.05, 4.69) is 10.2 Å². The second-order valence-corrected chi connectivity index (χ2v) is 5.36. The minimum atomic E-state index is -0.690. The number of nitrogens with zero attached hydrogens (tertiary/aromatic N) is 1. The van der Waals surface area contributed by atoms with Crippen LogP contribution < -0.4 is 5.32 Å². The van der Waals surface area contributed by atoms with Gasteiger partial charge in [0.15, 0.2) is 0 Å². The summed E-state index contributed by atoms with van der Waals surface area (Å²) in [6.07, 6.45) is 0. The Bertz CT molecular complexity index is 393. The number of amides is 1. The van der Waals surface area contributed by atoms with Crippen LogP contribution >= 0.6 is 0 Å². The highest BCUT2D eigenvalue weighted by Crippen LogP contribution is 2.12. The Morgan fingerprint density at radius 3 is 2.33 bits per heavy atom. The Hall–Kier alpha value is -1.39. The molecule has 4 heteroatoms. The Morgan fingerprint density at radius 1 is 1.33 bits per heavy atom. The molecule has 0 aliphatic rings. The second kappa shape index (κ2) is 5.98. The van der Waals surface area contributed by atoms with E-state index in [1.165, 1.54) is 6.92 Å². The molecule has 100 valence electrons. The van der Waals surface area contributed by atoms with E-state index in [4.69, 9.17) is 0 Å². The van der Waals surface area contributed by atoms with Gasteiger partial charge >= 0.3 is 0 Å². The fourth-order valence-corrected chi connectivity index (χ4v) is 1.92. The van der Waals surface area contributed by atoms with Gasteiger partial charge in [-0.25, -0.2) is 0 Å². The number of hydrogen-bond acceptors (Lipinski definition) is 3. The van der Waals surface area contributed by atoms with E-state index in [-0.39, 0.29) is 5.91 Å². The predicted octanol–water partition coefficient (Wildman–Crippen LogP) is 1.85. The van der Waals surface area contributed by atoms with Crippen LogP contribution in [0.15, 0.2) is 24.3 Å². The molecule has 1 aromatic rings. The topological polar surface area (TPSA) is 52.6 Å². The van der Waals surface area contributed by atoms with Crippen LogP contribution in [0.5, 0.6) is 0 Å². The van der Waals surface area contributed by atoms with Crippen molar-refractivity contribution in [3.63, 3.8) is 0 Å². The molecule has 0 spiro atoms. The van der Waals surface area contributed by atoms with Gasteiger partial charge in [-0.3, -0.25) is 9.69 Å². The van der Waals surface area contributed by atoms with Crippen molar-refractivity contribution in [3.8, 4) is 0 Å². The van der Waals surface area contributed by atoms with Crippen molar-refractivity contribution in [1.82, 2.24) is 4.90 Å². The van der Waals surface area contributed by atoms with E-state index >= 15 is 0 Å². The average Bonchev–Trinajstić information content (AvgIpc) is 2.17. The molecular formula is C14H22N2O2. The molecule has 0 saturated carbocycles. The maximum absolute atomic E-state index is 10.9. The molecule has 0 fully saturated rings. The standard InChI is InChI=1S/C14H22N2O2/c1-11(17)15-13-7-5-12(6-8-13)9-16(4)10-14(2,3)18/h5-8,18H,9-10H2,1-4H3,(H,15,17).